The van der Waals surface area contributed by atoms with Gasteiger partial charge in [-0.15, -0.1) is 0 Å². The largest absolute Gasteiger partial charge is 0.494 e. The Hall–Kier alpha value is -2.95. The number of aryl methyl sites for hydroxylation is 2. The molecule has 3 heterocycles. The predicted octanol–water partition coefficient (Wildman–Crippen LogP) is 3.17. The molecule has 0 radical (unpaired) electrons. The number of nitrogens with zero attached hydrogens (tertiary/aromatic N) is 3. The number of halogens is 3. The van der Waals surface area contributed by atoms with E-state index in [1.165, 1.54) is 6.20 Å². The highest BCUT2D eigenvalue weighted by Gasteiger charge is 2.48. The standard InChI is InChI=1S/C21H23F3N6O/c1-2-31-18-6-4-3-5-14(18)8-10-30-12-17(26-13-30)16-11-15(7-9-25-16)19-20(21(22,23)24)28-29-27-19/h3-7,9,11-13,19-20,27-29H,2,8,10H2,1H3. The number of alkyl halides is 3. The summed E-state index contributed by atoms with van der Waals surface area (Å²) in [7, 11) is 0. The lowest BCUT2D eigenvalue weighted by Crippen LogP contribution is -2.43. The van der Waals surface area contributed by atoms with Crippen molar-refractivity contribution < 1.29 is 17.9 Å². The van der Waals surface area contributed by atoms with E-state index >= 15 is 0 Å². The molecule has 10 heteroatoms. The summed E-state index contributed by atoms with van der Waals surface area (Å²) in [6, 6.07) is 8.37. The molecule has 1 aromatic carbocycles. The van der Waals surface area contributed by atoms with Crippen molar-refractivity contribution in [1.29, 1.82) is 0 Å². The Morgan fingerprint density at radius 1 is 1.10 bits per heavy atom. The minimum Gasteiger partial charge on any atom is -0.494 e. The maximum atomic E-state index is 13.2. The minimum atomic E-state index is -4.40. The number of hydrazine groups is 2. The second kappa shape index (κ2) is 9.04. The fraction of sp³-hybridized carbons (Fsp3) is 0.333. The minimum absolute atomic E-state index is 0.463. The molecule has 0 spiro atoms. The normalized spacial score (nSPS) is 19.0. The summed E-state index contributed by atoms with van der Waals surface area (Å²) in [6.07, 6.45) is 1.40. The van der Waals surface area contributed by atoms with Crippen molar-refractivity contribution in [3.8, 4) is 17.1 Å². The van der Waals surface area contributed by atoms with Crippen molar-refractivity contribution in [2.24, 2.45) is 0 Å². The molecule has 1 aliphatic heterocycles. The van der Waals surface area contributed by atoms with Gasteiger partial charge in [0.15, 0.2) is 0 Å². The Morgan fingerprint density at radius 3 is 2.74 bits per heavy atom. The van der Waals surface area contributed by atoms with Crippen LogP contribution in [0.2, 0.25) is 0 Å². The van der Waals surface area contributed by atoms with Gasteiger partial charge in [0.1, 0.15) is 17.5 Å². The number of ether oxygens (including phenoxy) is 1. The first-order chi connectivity index (χ1) is 15.0. The van der Waals surface area contributed by atoms with Crippen molar-refractivity contribution in [2.45, 2.75) is 38.1 Å². The first-order valence-corrected chi connectivity index (χ1v) is 9.97. The monoisotopic (exact) mass is 432 g/mol. The van der Waals surface area contributed by atoms with Gasteiger partial charge >= 0.3 is 6.18 Å². The molecule has 0 saturated carbocycles. The van der Waals surface area contributed by atoms with Crippen LogP contribution < -0.4 is 21.1 Å². The van der Waals surface area contributed by atoms with E-state index in [0.717, 1.165) is 17.7 Å². The molecular weight excluding hydrogens is 409 g/mol. The molecule has 3 aromatic rings. The molecule has 0 bridgehead atoms. The van der Waals surface area contributed by atoms with Crippen molar-refractivity contribution in [3.05, 3.63) is 66.2 Å². The van der Waals surface area contributed by atoms with Gasteiger partial charge in [-0.25, -0.2) is 15.8 Å². The third-order valence-electron chi connectivity index (χ3n) is 5.09. The predicted molar refractivity (Wildman–Crippen MR) is 109 cm³/mol. The van der Waals surface area contributed by atoms with Gasteiger partial charge in [0.2, 0.25) is 0 Å². The van der Waals surface area contributed by atoms with E-state index in [0.29, 0.717) is 30.1 Å². The molecular formula is C21H23F3N6O. The number of nitrogens with one attached hydrogen (secondary N) is 3. The molecule has 164 valence electrons. The topological polar surface area (TPSA) is 76.0 Å². The molecule has 7 nitrogen and oxygen atoms in total. The molecule has 0 amide bonds. The average Bonchev–Trinajstić information content (AvgIpc) is 3.43. The molecule has 1 saturated heterocycles. The van der Waals surface area contributed by atoms with Gasteiger partial charge in [0.25, 0.3) is 0 Å². The summed E-state index contributed by atoms with van der Waals surface area (Å²) in [5.41, 5.74) is 9.88. The third kappa shape index (κ3) is 4.87. The van der Waals surface area contributed by atoms with Crippen molar-refractivity contribution in [1.82, 2.24) is 30.9 Å². The van der Waals surface area contributed by atoms with Crippen LogP contribution in [0.15, 0.2) is 55.1 Å². The number of pyridine rings is 1. The summed E-state index contributed by atoms with van der Waals surface area (Å²) < 4.78 is 47.3. The fourth-order valence-electron chi connectivity index (χ4n) is 3.56. The van der Waals surface area contributed by atoms with Crippen LogP contribution >= 0.6 is 0 Å². The zero-order chi connectivity index (χ0) is 21.8. The Bertz CT molecular complexity index is 1020. The smallest absolute Gasteiger partial charge is 0.407 e. The highest BCUT2D eigenvalue weighted by atomic mass is 19.4. The molecule has 0 aliphatic carbocycles. The highest BCUT2D eigenvalue weighted by molar-refractivity contribution is 5.54. The third-order valence-corrected chi connectivity index (χ3v) is 5.09. The number of imidazole rings is 1. The maximum absolute atomic E-state index is 13.2. The van der Waals surface area contributed by atoms with Gasteiger partial charge in [-0.05, 0) is 42.7 Å². The number of hydrogen-bond donors (Lipinski definition) is 3. The van der Waals surface area contributed by atoms with E-state index in [9.17, 15) is 13.2 Å². The molecule has 3 N–H and O–H groups in total. The Morgan fingerprint density at radius 2 is 1.94 bits per heavy atom. The SMILES string of the molecule is CCOc1ccccc1CCn1cnc(-c2cc(C3NNNC3C(F)(F)F)ccn2)c1. The van der Waals surface area contributed by atoms with Gasteiger partial charge in [-0.2, -0.15) is 18.7 Å². The highest BCUT2D eigenvalue weighted by Crippen LogP contribution is 2.32. The summed E-state index contributed by atoms with van der Waals surface area (Å²) in [4.78, 5) is 8.68. The molecule has 2 atom stereocenters. The van der Waals surface area contributed by atoms with Crippen LogP contribution in [0.5, 0.6) is 5.75 Å². The van der Waals surface area contributed by atoms with E-state index in [-0.39, 0.29) is 0 Å². The zero-order valence-electron chi connectivity index (χ0n) is 16.9. The van der Waals surface area contributed by atoms with Crippen LogP contribution in [-0.4, -0.2) is 33.4 Å². The van der Waals surface area contributed by atoms with E-state index in [1.54, 1.807) is 18.5 Å². The molecule has 1 aliphatic rings. The lowest BCUT2D eigenvalue weighted by molar-refractivity contribution is -0.156. The van der Waals surface area contributed by atoms with Gasteiger partial charge < -0.3 is 9.30 Å². The zero-order valence-corrected chi connectivity index (χ0v) is 16.9. The summed E-state index contributed by atoms with van der Waals surface area (Å²) in [5, 5.41) is 0. The van der Waals surface area contributed by atoms with Crippen LogP contribution in [0, 0.1) is 0 Å². The second-order valence-corrected chi connectivity index (χ2v) is 7.17. The van der Waals surface area contributed by atoms with E-state index in [1.807, 2.05) is 42.0 Å². The van der Waals surface area contributed by atoms with Gasteiger partial charge in [0.05, 0.1) is 24.7 Å². The Kier molecular flexibility index (Phi) is 6.21. The van der Waals surface area contributed by atoms with Crippen LogP contribution in [0.4, 0.5) is 13.2 Å². The van der Waals surface area contributed by atoms with Gasteiger partial charge in [-0.3, -0.25) is 4.98 Å². The van der Waals surface area contributed by atoms with Crippen molar-refractivity contribution in [2.75, 3.05) is 6.61 Å². The molecule has 31 heavy (non-hydrogen) atoms. The maximum Gasteiger partial charge on any atom is 0.407 e. The molecule has 1 fully saturated rings. The van der Waals surface area contributed by atoms with Crippen LogP contribution in [0.1, 0.15) is 24.1 Å². The summed E-state index contributed by atoms with van der Waals surface area (Å²) >= 11 is 0. The number of rotatable bonds is 7. The molecule has 4 rings (SSSR count). The van der Waals surface area contributed by atoms with Gasteiger partial charge in [0, 0.05) is 18.9 Å². The van der Waals surface area contributed by atoms with Crippen LogP contribution in [0.25, 0.3) is 11.4 Å². The number of para-hydroxylation sites is 1. The van der Waals surface area contributed by atoms with E-state index in [2.05, 4.69) is 26.4 Å². The van der Waals surface area contributed by atoms with E-state index < -0.39 is 18.3 Å². The average molecular weight is 432 g/mol. The lowest BCUT2D eigenvalue weighted by atomic mass is 10.0. The number of hydrogen-bond acceptors (Lipinski definition) is 6. The lowest BCUT2D eigenvalue weighted by Gasteiger charge is -2.21. The second-order valence-electron chi connectivity index (χ2n) is 7.17. The van der Waals surface area contributed by atoms with Crippen molar-refractivity contribution >= 4 is 0 Å². The fourth-order valence-corrected chi connectivity index (χ4v) is 3.56. The number of benzene rings is 1. The number of aromatic nitrogens is 3. The summed E-state index contributed by atoms with van der Waals surface area (Å²) in [5.74, 6) is 0.866. The van der Waals surface area contributed by atoms with Crippen LogP contribution in [0.3, 0.4) is 0 Å². The molecule has 2 aromatic heterocycles. The quantitative estimate of drug-likeness (QED) is 0.533. The van der Waals surface area contributed by atoms with E-state index in [4.69, 9.17) is 4.74 Å². The Labute approximate surface area is 177 Å². The van der Waals surface area contributed by atoms with Crippen molar-refractivity contribution in [3.63, 3.8) is 0 Å². The first kappa shape index (κ1) is 21.3. The van der Waals surface area contributed by atoms with Gasteiger partial charge in [-0.1, -0.05) is 18.2 Å². The summed E-state index contributed by atoms with van der Waals surface area (Å²) in [6.45, 7) is 3.24. The van der Waals surface area contributed by atoms with Crippen LogP contribution in [-0.2, 0) is 13.0 Å². The Balaban J connectivity index is 1.48. The first-order valence-electron chi connectivity index (χ1n) is 9.97. The molecule has 2 unspecified atom stereocenters.